The highest BCUT2D eigenvalue weighted by Crippen LogP contribution is 2.34. The number of carboxylic acids is 1. The van der Waals surface area contributed by atoms with Gasteiger partial charge in [-0.05, 0) is 65.9 Å². The van der Waals surface area contributed by atoms with Crippen molar-refractivity contribution in [3.05, 3.63) is 82.9 Å². The van der Waals surface area contributed by atoms with Gasteiger partial charge in [0.25, 0.3) is 0 Å². The number of nitriles is 2. The molecule has 2 N–H and O–H groups in total. The maximum atomic E-state index is 11.3. The Labute approximate surface area is 173 Å². The molecule has 0 bridgehead atoms. The zero-order valence-electron chi connectivity index (χ0n) is 15.6. The van der Waals surface area contributed by atoms with Crippen LogP contribution in [0.15, 0.2) is 65.6 Å². The van der Waals surface area contributed by atoms with Gasteiger partial charge in [0.05, 0.1) is 34.5 Å². The van der Waals surface area contributed by atoms with E-state index in [4.69, 9.17) is 0 Å². The minimum absolute atomic E-state index is 0.222. The van der Waals surface area contributed by atoms with Crippen molar-refractivity contribution in [1.82, 2.24) is 0 Å². The first-order valence-corrected chi connectivity index (χ1v) is 9.71. The van der Waals surface area contributed by atoms with Gasteiger partial charge < -0.3 is 9.83 Å². The number of anilines is 1. The summed E-state index contributed by atoms with van der Waals surface area (Å²) in [5.74, 6) is -0.977. The van der Waals surface area contributed by atoms with E-state index in [0.717, 1.165) is 28.0 Å². The average Bonchev–Trinajstić information content (AvgIpc) is 2.77. The van der Waals surface area contributed by atoms with Crippen LogP contribution in [0.3, 0.4) is 0 Å². The van der Waals surface area contributed by atoms with Gasteiger partial charge in [-0.2, -0.15) is 10.5 Å². The summed E-state index contributed by atoms with van der Waals surface area (Å²) in [5, 5.41) is 27.7. The standard InChI is InChI=1S/C23H17N3O2S/c1-2-17-7-8-19(23(27)28)12-22(17)29-26-21-11-16(14-25)6-9-20(21)18-5-3-4-15(10-18)13-24/h3-12,26H,2H2,1H3,(H,27,28). The van der Waals surface area contributed by atoms with E-state index in [-0.39, 0.29) is 5.56 Å². The smallest absolute Gasteiger partial charge is 0.335 e. The second-order valence-electron chi connectivity index (χ2n) is 6.25. The number of carboxylic acid groups (broad SMARTS) is 1. The average molecular weight is 399 g/mol. The summed E-state index contributed by atoms with van der Waals surface area (Å²) in [6.07, 6.45) is 0.763. The minimum Gasteiger partial charge on any atom is -0.478 e. The van der Waals surface area contributed by atoms with Gasteiger partial charge in [0.15, 0.2) is 0 Å². The lowest BCUT2D eigenvalue weighted by Crippen LogP contribution is -1.99. The van der Waals surface area contributed by atoms with Crippen LogP contribution >= 0.6 is 11.9 Å². The number of hydrogen-bond donors (Lipinski definition) is 2. The van der Waals surface area contributed by atoms with Crippen molar-refractivity contribution in [3.63, 3.8) is 0 Å². The molecule has 0 aliphatic heterocycles. The van der Waals surface area contributed by atoms with E-state index >= 15 is 0 Å². The van der Waals surface area contributed by atoms with Crippen molar-refractivity contribution in [2.24, 2.45) is 0 Å². The molecule has 0 unspecified atom stereocenters. The summed E-state index contributed by atoms with van der Waals surface area (Å²) in [5.41, 5.74) is 4.71. The van der Waals surface area contributed by atoms with Crippen molar-refractivity contribution < 1.29 is 9.90 Å². The highest BCUT2D eigenvalue weighted by molar-refractivity contribution is 8.00. The lowest BCUT2D eigenvalue weighted by Gasteiger charge is -2.14. The maximum absolute atomic E-state index is 11.3. The normalized spacial score (nSPS) is 10.0. The second kappa shape index (κ2) is 8.97. The summed E-state index contributed by atoms with van der Waals surface area (Å²) in [7, 11) is 0. The van der Waals surface area contributed by atoms with E-state index in [1.165, 1.54) is 11.9 Å². The lowest BCUT2D eigenvalue weighted by molar-refractivity contribution is 0.0696. The highest BCUT2D eigenvalue weighted by atomic mass is 32.2. The molecule has 0 aliphatic rings. The molecular weight excluding hydrogens is 382 g/mol. The first-order chi connectivity index (χ1) is 14.0. The predicted octanol–water partition coefficient (Wildman–Crippen LogP) is 5.48. The predicted molar refractivity (Wildman–Crippen MR) is 114 cm³/mol. The van der Waals surface area contributed by atoms with Gasteiger partial charge in [-0.15, -0.1) is 0 Å². The molecular formula is C23H17N3O2S. The SMILES string of the molecule is CCc1ccc(C(=O)O)cc1SNc1cc(C#N)ccc1-c1cccc(C#N)c1. The molecule has 0 atom stereocenters. The largest absolute Gasteiger partial charge is 0.478 e. The Morgan fingerprint density at radius 1 is 1.03 bits per heavy atom. The molecule has 0 aromatic heterocycles. The van der Waals surface area contributed by atoms with Gasteiger partial charge in [0, 0.05) is 10.5 Å². The Hall–Kier alpha value is -3.74. The van der Waals surface area contributed by atoms with Crippen molar-refractivity contribution in [1.29, 1.82) is 10.5 Å². The lowest BCUT2D eigenvalue weighted by atomic mass is 10.0. The van der Waals surface area contributed by atoms with Crippen LogP contribution in [0.1, 0.15) is 34.0 Å². The van der Waals surface area contributed by atoms with Crippen LogP contribution in [0, 0.1) is 22.7 Å². The third-order valence-corrected chi connectivity index (χ3v) is 5.34. The van der Waals surface area contributed by atoms with Gasteiger partial charge in [-0.1, -0.05) is 31.2 Å². The molecule has 0 heterocycles. The number of aryl methyl sites for hydroxylation is 1. The molecule has 5 nitrogen and oxygen atoms in total. The van der Waals surface area contributed by atoms with Crippen LogP contribution in [0.2, 0.25) is 0 Å². The van der Waals surface area contributed by atoms with Crippen molar-refractivity contribution in [2.75, 3.05) is 4.72 Å². The van der Waals surface area contributed by atoms with Gasteiger partial charge in [0.1, 0.15) is 0 Å². The van der Waals surface area contributed by atoms with E-state index in [0.29, 0.717) is 16.8 Å². The summed E-state index contributed by atoms with van der Waals surface area (Å²) in [6, 6.07) is 21.9. The molecule has 0 amide bonds. The number of nitrogens with zero attached hydrogens (tertiary/aromatic N) is 2. The van der Waals surface area contributed by atoms with Crippen molar-refractivity contribution in [2.45, 2.75) is 18.2 Å². The van der Waals surface area contributed by atoms with Gasteiger partial charge in [0.2, 0.25) is 0 Å². The fourth-order valence-corrected chi connectivity index (χ4v) is 3.81. The van der Waals surface area contributed by atoms with E-state index < -0.39 is 5.97 Å². The molecule has 0 saturated heterocycles. The van der Waals surface area contributed by atoms with E-state index in [1.54, 1.807) is 36.4 Å². The van der Waals surface area contributed by atoms with Gasteiger partial charge in [-0.3, -0.25) is 0 Å². The fourth-order valence-electron chi connectivity index (χ4n) is 2.89. The monoisotopic (exact) mass is 399 g/mol. The Kier molecular flexibility index (Phi) is 6.19. The van der Waals surface area contributed by atoms with Crippen LogP contribution in [0.5, 0.6) is 0 Å². The Morgan fingerprint density at radius 3 is 2.48 bits per heavy atom. The quantitative estimate of drug-likeness (QED) is 0.533. The molecule has 0 radical (unpaired) electrons. The van der Waals surface area contributed by atoms with Crippen LogP contribution in [-0.2, 0) is 6.42 Å². The zero-order chi connectivity index (χ0) is 20.8. The molecule has 6 heteroatoms. The fraction of sp³-hybridized carbons (Fsp3) is 0.0870. The second-order valence-corrected chi connectivity index (χ2v) is 7.10. The molecule has 0 saturated carbocycles. The molecule has 29 heavy (non-hydrogen) atoms. The molecule has 3 rings (SSSR count). The van der Waals surface area contributed by atoms with Gasteiger partial charge in [-0.25, -0.2) is 4.79 Å². The number of benzene rings is 3. The Morgan fingerprint density at radius 2 is 1.79 bits per heavy atom. The molecule has 3 aromatic carbocycles. The summed E-state index contributed by atoms with van der Waals surface area (Å²) in [6.45, 7) is 2.01. The number of aromatic carboxylic acids is 1. The van der Waals surface area contributed by atoms with Crippen molar-refractivity contribution in [3.8, 4) is 23.3 Å². The highest BCUT2D eigenvalue weighted by Gasteiger charge is 2.11. The Bertz CT molecular complexity index is 1160. The number of nitrogens with one attached hydrogen (secondary N) is 1. The molecule has 0 fully saturated rings. The molecule has 0 aliphatic carbocycles. The van der Waals surface area contributed by atoms with Crippen LogP contribution in [0.4, 0.5) is 5.69 Å². The minimum atomic E-state index is -0.977. The third kappa shape index (κ3) is 4.57. The van der Waals surface area contributed by atoms with E-state index in [9.17, 15) is 20.4 Å². The van der Waals surface area contributed by atoms with E-state index in [1.807, 2.05) is 31.2 Å². The van der Waals surface area contributed by atoms with Crippen molar-refractivity contribution >= 4 is 23.6 Å². The first kappa shape index (κ1) is 20.0. The summed E-state index contributed by atoms with van der Waals surface area (Å²) >= 11 is 1.31. The van der Waals surface area contributed by atoms with Crippen LogP contribution in [-0.4, -0.2) is 11.1 Å². The van der Waals surface area contributed by atoms with Crippen LogP contribution < -0.4 is 4.72 Å². The molecule has 3 aromatic rings. The first-order valence-electron chi connectivity index (χ1n) is 8.89. The number of rotatable bonds is 6. The Balaban J connectivity index is 1.99. The van der Waals surface area contributed by atoms with Gasteiger partial charge >= 0.3 is 5.97 Å². The zero-order valence-corrected chi connectivity index (χ0v) is 16.5. The molecule has 142 valence electrons. The van der Waals surface area contributed by atoms with Crippen LogP contribution in [0.25, 0.3) is 11.1 Å². The molecule has 0 spiro atoms. The summed E-state index contributed by atoms with van der Waals surface area (Å²) in [4.78, 5) is 12.1. The summed E-state index contributed by atoms with van der Waals surface area (Å²) < 4.78 is 3.27. The van der Waals surface area contributed by atoms with E-state index in [2.05, 4.69) is 16.9 Å². The topological polar surface area (TPSA) is 96.9 Å². The third-order valence-electron chi connectivity index (χ3n) is 4.42. The number of carbonyl (C=O) groups is 1. The maximum Gasteiger partial charge on any atom is 0.335 e. The number of hydrogen-bond acceptors (Lipinski definition) is 5.